The molecule has 9 heteroatoms. The van der Waals surface area contributed by atoms with Crippen LogP contribution in [0.1, 0.15) is 16.8 Å². The topological polar surface area (TPSA) is 108 Å². The van der Waals surface area contributed by atoms with Crippen molar-refractivity contribution in [2.75, 3.05) is 20.2 Å². The maximum atomic E-state index is 12.5. The summed E-state index contributed by atoms with van der Waals surface area (Å²) < 4.78 is 5.59. The summed E-state index contributed by atoms with van der Waals surface area (Å²) in [5.74, 6) is 0.390. The first-order valence-electron chi connectivity index (χ1n) is 8.20. The Balaban J connectivity index is 1.61. The first-order valence-corrected chi connectivity index (χ1v) is 8.58. The van der Waals surface area contributed by atoms with Crippen LogP contribution in [-0.4, -0.2) is 46.0 Å². The quantitative estimate of drug-likeness (QED) is 0.626. The van der Waals surface area contributed by atoms with Crippen LogP contribution in [0.25, 0.3) is 11.0 Å². The first kappa shape index (κ1) is 18.7. The van der Waals surface area contributed by atoms with Gasteiger partial charge >= 0.3 is 5.69 Å². The largest absolute Gasteiger partial charge is 0.493 e. The van der Waals surface area contributed by atoms with Crippen molar-refractivity contribution >= 4 is 28.5 Å². The Labute approximate surface area is 158 Å². The molecule has 3 rings (SSSR count). The fourth-order valence-corrected chi connectivity index (χ4v) is 2.71. The van der Waals surface area contributed by atoms with Crippen molar-refractivity contribution in [3.8, 4) is 5.75 Å². The van der Waals surface area contributed by atoms with E-state index in [1.165, 1.54) is 17.2 Å². The zero-order valence-electron chi connectivity index (χ0n) is 14.5. The van der Waals surface area contributed by atoms with Gasteiger partial charge in [0.05, 0.1) is 17.6 Å². The van der Waals surface area contributed by atoms with Gasteiger partial charge < -0.3 is 9.64 Å². The van der Waals surface area contributed by atoms with E-state index < -0.39 is 11.2 Å². The van der Waals surface area contributed by atoms with Crippen molar-refractivity contribution in [2.24, 2.45) is 0 Å². The molecule has 1 aromatic carbocycles. The van der Waals surface area contributed by atoms with E-state index in [1.807, 2.05) is 6.07 Å². The van der Waals surface area contributed by atoms with E-state index in [-0.39, 0.29) is 22.5 Å². The maximum absolute atomic E-state index is 12.5. The molecule has 0 aliphatic heterocycles. The summed E-state index contributed by atoms with van der Waals surface area (Å²) in [4.78, 5) is 45.7. The minimum Gasteiger partial charge on any atom is -0.493 e. The summed E-state index contributed by atoms with van der Waals surface area (Å²) in [7, 11) is 1.66. The Kier molecular flexibility index (Phi) is 5.56. The lowest BCUT2D eigenvalue weighted by Gasteiger charge is -2.17. The number of ether oxygens (including phenoxy) is 1. The maximum Gasteiger partial charge on any atom is 0.327 e. The second-order valence-electron chi connectivity index (χ2n) is 5.91. The molecule has 140 valence electrons. The van der Waals surface area contributed by atoms with Crippen molar-refractivity contribution in [3.05, 3.63) is 68.0 Å². The van der Waals surface area contributed by atoms with Crippen molar-refractivity contribution in [2.45, 2.75) is 6.42 Å². The van der Waals surface area contributed by atoms with Gasteiger partial charge in [0.25, 0.3) is 11.5 Å². The number of fused-ring (bicyclic) bond motifs is 1. The number of nitrogens with zero attached hydrogens (tertiary/aromatic N) is 2. The van der Waals surface area contributed by atoms with E-state index >= 15 is 0 Å². The van der Waals surface area contributed by atoms with E-state index in [9.17, 15) is 14.4 Å². The van der Waals surface area contributed by atoms with Gasteiger partial charge in [-0.05, 0) is 30.7 Å². The fraction of sp³-hybridized carbons (Fsp3) is 0.222. The lowest BCUT2D eigenvalue weighted by atomic mass is 10.2. The zero-order valence-corrected chi connectivity index (χ0v) is 15.2. The van der Waals surface area contributed by atoms with Crippen LogP contribution < -0.4 is 16.0 Å². The average molecular weight is 389 g/mol. The van der Waals surface area contributed by atoms with Crippen molar-refractivity contribution in [1.82, 2.24) is 19.9 Å². The molecule has 0 unspecified atom stereocenters. The highest BCUT2D eigenvalue weighted by Crippen LogP contribution is 2.17. The van der Waals surface area contributed by atoms with Crippen LogP contribution in [0.5, 0.6) is 5.75 Å². The molecule has 3 aromatic rings. The molecule has 0 bridgehead atoms. The molecule has 0 saturated carbocycles. The highest BCUT2D eigenvalue weighted by Gasteiger charge is 2.14. The number of aromatic amines is 2. The SMILES string of the molecule is CN(CCCOc1cccc(Cl)c1)C(=O)c1cnc2[nH]c(=O)[nH]c(=O)c2c1. The lowest BCUT2D eigenvalue weighted by molar-refractivity contribution is 0.0787. The monoisotopic (exact) mass is 388 g/mol. The van der Waals surface area contributed by atoms with Crippen molar-refractivity contribution in [1.29, 1.82) is 0 Å². The van der Waals surface area contributed by atoms with Crippen LogP contribution in [0.4, 0.5) is 0 Å². The predicted octanol–water partition coefficient (Wildman–Crippen LogP) is 1.81. The minimum absolute atomic E-state index is 0.137. The molecule has 2 heterocycles. The third-order valence-corrected chi connectivity index (χ3v) is 4.12. The number of amides is 1. The summed E-state index contributed by atoms with van der Waals surface area (Å²) in [5.41, 5.74) is -0.833. The van der Waals surface area contributed by atoms with Crippen LogP contribution in [0, 0.1) is 0 Å². The number of carbonyl (C=O) groups excluding carboxylic acids is 1. The third kappa shape index (κ3) is 4.53. The Morgan fingerprint density at radius 1 is 1.26 bits per heavy atom. The molecular formula is C18H17ClN4O4. The second kappa shape index (κ2) is 8.05. The van der Waals surface area contributed by atoms with Crippen LogP contribution in [-0.2, 0) is 0 Å². The van der Waals surface area contributed by atoms with E-state index in [0.717, 1.165) is 0 Å². The molecular weight excluding hydrogens is 372 g/mol. The number of halogens is 1. The van der Waals surface area contributed by atoms with E-state index in [1.54, 1.807) is 25.2 Å². The van der Waals surface area contributed by atoms with Gasteiger partial charge in [-0.2, -0.15) is 0 Å². The van der Waals surface area contributed by atoms with Crippen molar-refractivity contribution < 1.29 is 9.53 Å². The molecule has 0 fully saturated rings. The minimum atomic E-state index is -0.643. The number of benzene rings is 1. The first-order chi connectivity index (χ1) is 12.9. The summed E-state index contributed by atoms with van der Waals surface area (Å²) in [6, 6.07) is 8.51. The van der Waals surface area contributed by atoms with Gasteiger partial charge in [-0.15, -0.1) is 0 Å². The highest BCUT2D eigenvalue weighted by atomic mass is 35.5. The number of hydrogen-bond donors (Lipinski definition) is 2. The molecule has 0 aliphatic rings. The fourth-order valence-electron chi connectivity index (χ4n) is 2.53. The molecule has 0 spiro atoms. The Hall–Kier alpha value is -3.13. The number of aromatic nitrogens is 3. The molecule has 2 aromatic heterocycles. The lowest BCUT2D eigenvalue weighted by Crippen LogP contribution is -2.29. The Morgan fingerprint density at radius 2 is 2.07 bits per heavy atom. The molecule has 0 saturated heterocycles. The van der Waals surface area contributed by atoms with Gasteiger partial charge in [0.1, 0.15) is 11.4 Å². The number of carbonyl (C=O) groups is 1. The number of pyridine rings is 1. The number of nitrogens with one attached hydrogen (secondary N) is 2. The predicted molar refractivity (Wildman–Crippen MR) is 102 cm³/mol. The summed E-state index contributed by atoms with van der Waals surface area (Å²) >= 11 is 5.90. The molecule has 27 heavy (non-hydrogen) atoms. The van der Waals surface area contributed by atoms with E-state index in [4.69, 9.17) is 16.3 Å². The smallest absolute Gasteiger partial charge is 0.327 e. The average Bonchev–Trinajstić information content (AvgIpc) is 2.64. The Bertz CT molecular complexity index is 1090. The normalized spacial score (nSPS) is 10.7. The van der Waals surface area contributed by atoms with Gasteiger partial charge in [0, 0.05) is 24.8 Å². The standard InChI is InChI=1S/C18H17ClN4O4/c1-23(6-3-7-27-13-5-2-4-12(19)9-13)17(25)11-8-14-15(20-10-11)21-18(26)22-16(14)24/h2,4-5,8-10H,3,6-7H2,1H3,(H2,20,21,22,24,26). The van der Waals surface area contributed by atoms with E-state index in [2.05, 4.69) is 15.0 Å². The van der Waals surface area contributed by atoms with Gasteiger partial charge in [-0.1, -0.05) is 17.7 Å². The molecule has 8 nitrogen and oxygen atoms in total. The summed E-state index contributed by atoms with van der Waals surface area (Å²) in [6.07, 6.45) is 1.95. The van der Waals surface area contributed by atoms with Gasteiger partial charge in [-0.3, -0.25) is 19.6 Å². The summed E-state index contributed by atoms with van der Waals surface area (Å²) in [6.45, 7) is 0.883. The third-order valence-electron chi connectivity index (χ3n) is 3.89. The van der Waals surface area contributed by atoms with Gasteiger partial charge in [0.2, 0.25) is 0 Å². The van der Waals surface area contributed by atoms with E-state index in [0.29, 0.717) is 30.3 Å². The molecule has 0 radical (unpaired) electrons. The molecule has 0 atom stereocenters. The second-order valence-corrected chi connectivity index (χ2v) is 6.35. The highest BCUT2D eigenvalue weighted by molar-refractivity contribution is 6.30. The molecule has 2 N–H and O–H groups in total. The summed E-state index contributed by atoms with van der Waals surface area (Å²) in [5, 5.41) is 0.748. The van der Waals surface area contributed by atoms with Gasteiger partial charge in [0.15, 0.2) is 0 Å². The van der Waals surface area contributed by atoms with Crippen LogP contribution in [0.3, 0.4) is 0 Å². The van der Waals surface area contributed by atoms with Crippen LogP contribution >= 0.6 is 11.6 Å². The van der Waals surface area contributed by atoms with Crippen LogP contribution in [0.2, 0.25) is 5.02 Å². The number of hydrogen-bond acceptors (Lipinski definition) is 5. The van der Waals surface area contributed by atoms with Crippen LogP contribution in [0.15, 0.2) is 46.1 Å². The molecule has 1 amide bonds. The molecule has 0 aliphatic carbocycles. The van der Waals surface area contributed by atoms with Gasteiger partial charge in [-0.25, -0.2) is 9.78 Å². The zero-order chi connectivity index (χ0) is 19.4. The number of H-pyrrole nitrogens is 2. The Morgan fingerprint density at radius 3 is 2.85 bits per heavy atom. The number of rotatable bonds is 6. The van der Waals surface area contributed by atoms with Crippen molar-refractivity contribution in [3.63, 3.8) is 0 Å².